The van der Waals surface area contributed by atoms with Crippen molar-refractivity contribution >= 4 is 0 Å². The monoisotopic (exact) mass is 200 g/mol. The van der Waals surface area contributed by atoms with Gasteiger partial charge in [-0.2, -0.15) is 0 Å². The van der Waals surface area contributed by atoms with E-state index in [4.69, 9.17) is 5.11 Å². The van der Waals surface area contributed by atoms with Crippen LogP contribution in [0.5, 0.6) is 0 Å². The summed E-state index contributed by atoms with van der Waals surface area (Å²) >= 11 is 0. The van der Waals surface area contributed by atoms with Crippen LogP contribution in [0.2, 0.25) is 0 Å². The first-order chi connectivity index (χ1) is 6.74. The molecule has 1 rings (SSSR count). The molecule has 0 heterocycles. The molecule has 3 nitrogen and oxygen atoms in total. The van der Waals surface area contributed by atoms with Gasteiger partial charge in [0.05, 0.1) is 0 Å². The van der Waals surface area contributed by atoms with E-state index in [1.807, 2.05) is 0 Å². The van der Waals surface area contributed by atoms with Gasteiger partial charge in [0.2, 0.25) is 0 Å². The van der Waals surface area contributed by atoms with Crippen molar-refractivity contribution in [3.05, 3.63) is 0 Å². The highest BCUT2D eigenvalue weighted by atomic mass is 16.3. The average Bonchev–Trinajstić information content (AvgIpc) is 2.06. The summed E-state index contributed by atoms with van der Waals surface area (Å²) in [5, 5.41) is 8.83. The Kier molecular flexibility index (Phi) is 5.45. The highest BCUT2D eigenvalue weighted by Crippen LogP contribution is 2.24. The smallest absolute Gasteiger partial charge is 0.0443 e. The van der Waals surface area contributed by atoms with Crippen molar-refractivity contribution in [2.45, 2.75) is 31.7 Å². The highest BCUT2D eigenvalue weighted by Gasteiger charge is 2.23. The average molecular weight is 200 g/mol. The predicted molar refractivity (Wildman–Crippen MR) is 59.5 cm³/mol. The van der Waals surface area contributed by atoms with E-state index >= 15 is 0 Å². The number of nitrogens with zero attached hydrogens (tertiary/aromatic N) is 2. The molecule has 0 aliphatic heterocycles. The maximum absolute atomic E-state index is 8.83. The molecule has 3 heteroatoms. The minimum Gasteiger partial charge on any atom is -0.396 e. The Morgan fingerprint density at radius 3 is 2.29 bits per heavy atom. The largest absolute Gasteiger partial charge is 0.396 e. The number of rotatable bonds is 7. The van der Waals surface area contributed by atoms with Crippen LogP contribution < -0.4 is 0 Å². The molecule has 1 saturated carbocycles. The number of hydrogen-bond donors (Lipinski definition) is 1. The highest BCUT2D eigenvalue weighted by molar-refractivity contribution is 4.80. The van der Waals surface area contributed by atoms with Crippen LogP contribution in [0.3, 0.4) is 0 Å². The van der Waals surface area contributed by atoms with E-state index in [9.17, 15) is 0 Å². The molecule has 0 saturated heterocycles. The topological polar surface area (TPSA) is 26.7 Å². The van der Waals surface area contributed by atoms with Gasteiger partial charge in [0.15, 0.2) is 0 Å². The minimum atomic E-state index is 0.325. The van der Waals surface area contributed by atoms with Gasteiger partial charge in [-0.15, -0.1) is 0 Å². The SMILES string of the molecule is CN(C)CCN(CCCO)C1CCC1. The third-order valence-corrected chi connectivity index (χ3v) is 3.03. The van der Waals surface area contributed by atoms with Crippen molar-refractivity contribution in [3.8, 4) is 0 Å². The first-order valence-electron chi connectivity index (χ1n) is 5.73. The van der Waals surface area contributed by atoms with Gasteiger partial charge < -0.3 is 10.0 Å². The number of aliphatic hydroxyl groups excluding tert-OH is 1. The first-order valence-corrected chi connectivity index (χ1v) is 5.73. The number of aliphatic hydroxyl groups is 1. The van der Waals surface area contributed by atoms with E-state index in [2.05, 4.69) is 23.9 Å². The van der Waals surface area contributed by atoms with Crippen LogP contribution in [0.15, 0.2) is 0 Å². The lowest BCUT2D eigenvalue weighted by molar-refractivity contribution is 0.108. The van der Waals surface area contributed by atoms with Gasteiger partial charge in [-0.3, -0.25) is 4.90 Å². The van der Waals surface area contributed by atoms with Crippen LogP contribution >= 0.6 is 0 Å². The molecule has 84 valence electrons. The fourth-order valence-electron chi connectivity index (χ4n) is 1.83. The van der Waals surface area contributed by atoms with Gasteiger partial charge in [-0.25, -0.2) is 0 Å². The van der Waals surface area contributed by atoms with Gasteiger partial charge >= 0.3 is 0 Å². The fourth-order valence-corrected chi connectivity index (χ4v) is 1.83. The normalized spacial score (nSPS) is 17.8. The second-order valence-electron chi connectivity index (χ2n) is 4.50. The Hall–Kier alpha value is -0.120. The lowest BCUT2D eigenvalue weighted by Crippen LogP contribution is -2.44. The summed E-state index contributed by atoms with van der Waals surface area (Å²) in [7, 11) is 4.23. The van der Waals surface area contributed by atoms with E-state index < -0.39 is 0 Å². The zero-order chi connectivity index (χ0) is 10.4. The van der Waals surface area contributed by atoms with Gasteiger partial charge in [0.1, 0.15) is 0 Å². The number of hydrogen-bond acceptors (Lipinski definition) is 3. The molecule has 0 unspecified atom stereocenters. The Morgan fingerprint density at radius 2 is 1.86 bits per heavy atom. The quantitative estimate of drug-likeness (QED) is 0.658. The molecule has 1 fully saturated rings. The van der Waals surface area contributed by atoms with Crippen LogP contribution in [0, 0.1) is 0 Å². The van der Waals surface area contributed by atoms with E-state index in [0.29, 0.717) is 6.61 Å². The van der Waals surface area contributed by atoms with Crippen molar-refractivity contribution in [2.75, 3.05) is 40.3 Å². The lowest BCUT2D eigenvalue weighted by atomic mass is 9.91. The van der Waals surface area contributed by atoms with Crippen LogP contribution in [0.4, 0.5) is 0 Å². The molecule has 14 heavy (non-hydrogen) atoms. The third-order valence-electron chi connectivity index (χ3n) is 3.03. The molecular weight excluding hydrogens is 176 g/mol. The summed E-state index contributed by atoms with van der Waals surface area (Å²) in [6.07, 6.45) is 5.03. The first kappa shape index (κ1) is 12.0. The molecular formula is C11H24N2O. The summed E-state index contributed by atoms with van der Waals surface area (Å²) in [6, 6.07) is 0.807. The second-order valence-corrected chi connectivity index (χ2v) is 4.50. The molecule has 0 aromatic heterocycles. The molecule has 0 atom stereocenters. The van der Waals surface area contributed by atoms with Gasteiger partial charge in [0.25, 0.3) is 0 Å². The van der Waals surface area contributed by atoms with Crippen molar-refractivity contribution in [1.82, 2.24) is 9.80 Å². The summed E-state index contributed by atoms with van der Waals surface area (Å²) in [4.78, 5) is 4.77. The molecule has 1 aliphatic rings. The Labute approximate surface area is 87.7 Å². The van der Waals surface area contributed by atoms with E-state index in [-0.39, 0.29) is 0 Å². The molecule has 0 bridgehead atoms. The zero-order valence-corrected chi connectivity index (χ0v) is 9.58. The van der Waals surface area contributed by atoms with Crippen LogP contribution in [0.1, 0.15) is 25.7 Å². The Bertz CT molecular complexity index is 146. The Morgan fingerprint density at radius 1 is 1.14 bits per heavy atom. The molecule has 1 aliphatic carbocycles. The summed E-state index contributed by atoms with van der Waals surface area (Å²) in [5.41, 5.74) is 0. The molecule has 0 aromatic carbocycles. The van der Waals surface area contributed by atoms with Crippen LogP contribution in [0.25, 0.3) is 0 Å². The molecule has 0 aromatic rings. The summed E-state index contributed by atoms with van der Waals surface area (Å²) in [6.45, 7) is 3.67. The Balaban J connectivity index is 2.20. The molecule has 0 amide bonds. The third kappa shape index (κ3) is 3.95. The predicted octanol–water partition coefficient (Wildman–Crippen LogP) is 0.785. The van der Waals surface area contributed by atoms with Crippen molar-refractivity contribution in [1.29, 1.82) is 0 Å². The summed E-state index contributed by atoms with van der Waals surface area (Å²) < 4.78 is 0. The molecule has 1 N–H and O–H groups in total. The van der Waals surface area contributed by atoms with Gasteiger partial charge in [-0.1, -0.05) is 6.42 Å². The van der Waals surface area contributed by atoms with Crippen molar-refractivity contribution in [2.24, 2.45) is 0 Å². The molecule has 0 radical (unpaired) electrons. The maximum Gasteiger partial charge on any atom is 0.0443 e. The maximum atomic E-state index is 8.83. The summed E-state index contributed by atoms with van der Waals surface area (Å²) in [5.74, 6) is 0. The van der Waals surface area contributed by atoms with Gasteiger partial charge in [0, 0.05) is 32.3 Å². The van der Waals surface area contributed by atoms with Crippen LogP contribution in [-0.4, -0.2) is 61.3 Å². The van der Waals surface area contributed by atoms with Gasteiger partial charge in [-0.05, 0) is 33.4 Å². The van der Waals surface area contributed by atoms with Crippen molar-refractivity contribution < 1.29 is 5.11 Å². The fraction of sp³-hybridized carbons (Fsp3) is 1.00. The van der Waals surface area contributed by atoms with E-state index in [1.165, 1.54) is 19.3 Å². The molecule has 0 spiro atoms. The minimum absolute atomic E-state index is 0.325. The second kappa shape index (κ2) is 6.38. The van der Waals surface area contributed by atoms with E-state index in [0.717, 1.165) is 32.1 Å². The number of likely N-dealkylation sites (N-methyl/N-ethyl adjacent to an activating group) is 1. The van der Waals surface area contributed by atoms with Crippen molar-refractivity contribution in [3.63, 3.8) is 0 Å². The lowest BCUT2D eigenvalue weighted by Gasteiger charge is -2.38. The zero-order valence-electron chi connectivity index (χ0n) is 9.58. The van der Waals surface area contributed by atoms with Crippen LogP contribution in [-0.2, 0) is 0 Å². The standard InChI is InChI=1S/C11H24N2O/c1-12(2)8-9-13(7-4-10-14)11-5-3-6-11/h11,14H,3-10H2,1-2H3. The van der Waals surface area contributed by atoms with E-state index in [1.54, 1.807) is 0 Å².